The van der Waals surface area contributed by atoms with Gasteiger partial charge in [-0.3, -0.25) is 4.90 Å². The van der Waals surface area contributed by atoms with Crippen LogP contribution in [0.3, 0.4) is 0 Å². The fourth-order valence-corrected chi connectivity index (χ4v) is 2.69. The highest BCUT2D eigenvalue weighted by Gasteiger charge is 2.23. The molecule has 1 atom stereocenters. The summed E-state index contributed by atoms with van der Waals surface area (Å²) in [7, 11) is 0. The molecule has 1 aromatic rings. The van der Waals surface area contributed by atoms with E-state index in [4.69, 9.17) is 5.84 Å². The number of piperazine rings is 1. The summed E-state index contributed by atoms with van der Waals surface area (Å²) < 4.78 is 0. The lowest BCUT2D eigenvalue weighted by Crippen LogP contribution is -2.50. The maximum atomic E-state index is 5.53. The standard InChI is InChI=1S/C14H26N6/c1-5-10(2)19-6-8-20(9-7-19)14-11(3)13(18-15)16-12(4)17-14/h10H,5-9,15H2,1-4H3,(H,16,17,18). The molecule has 3 N–H and O–H groups in total. The van der Waals surface area contributed by atoms with Gasteiger partial charge in [-0.15, -0.1) is 0 Å². The Balaban J connectivity index is 2.13. The third-order valence-electron chi connectivity index (χ3n) is 4.20. The van der Waals surface area contributed by atoms with Crippen molar-refractivity contribution in [2.24, 2.45) is 5.84 Å². The van der Waals surface area contributed by atoms with Gasteiger partial charge >= 0.3 is 0 Å². The number of hydrazine groups is 1. The molecule has 2 heterocycles. The number of hydrogen-bond acceptors (Lipinski definition) is 6. The average Bonchev–Trinajstić information content (AvgIpc) is 2.48. The van der Waals surface area contributed by atoms with E-state index in [2.05, 4.69) is 39.0 Å². The number of hydrogen-bond donors (Lipinski definition) is 2. The van der Waals surface area contributed by atoms with E-state index in [0.29, 0.717) is 6.04 Å². The molecular formula is C14H26N6. The molecule has 0 spiro atoms. The van der Waals surface area contributed by atoms with Gasteiger partial charge in [0.1, 0.15) is 17.5 Å². The van der Waals surface area contributed by atoms with Crippen molar-refractivity contribution in [3.63, 3.8) is 0 Å². The van der Waals surface area contributed by atoms with E-state index in [9.17, 15) is 0 Å². The summed E-state index contributed by atoms with van der Waals surface area (Å²) >= 11 is 0. The molecule has 6 nitrogen and oxygen atoms in total. The smallest absolute Gasteiger partial charge is 0.148 e. The summed E-state index contributed by atoms with van der Waals surface area (Å²) in [6, 6.07) is 0.659. The predicted molar refractivity (Wildman–Crippen MR) is 82.9 cm³/mol. The first-order valence-corrected chi connectivity index (χ1v) is 7.37. The zero-order valence-corrected chi connectivity index (χ0v) is 13.0. The van der Waals surface area contributed by atoms with E-state index in [1.54, 1.807) is 0 Å². The van der Waals surface area contributed by atoms with Crippen molar-refractivity contribution >= 4 is 11.6 Å². The largest absolute Gasteiger partial charge is 0.354 e. The minimum absolute atomic E-state index is 0.659. The maximum Gasteiger partial charge on any atom is 0.148 e. The molecule has 1 aliphatic rings. The highest BCUT2D eigenvalue weighted by atomic mass is 15.3. The molecule has 20 heavy (non-hydrogen) atoms. The first-order valence-electron chi connectivity index (χ1n) is 7.37. The molecule has 0 amide bonds. The molecule has 1 fully saturated rings. The van der Waals surface area contributed by atoms with Crippen molar-refractivity contribution in [2.45, 2.75) is 40.2 Å². The van der Waals surface area contributed by atoms with Crippen molar-refractivity contribution in [3.05, 3.63) is 11.4 Å². The molecule has 0 aliphatic carbocycles. The quantitative estimate of drug-likeness (QED) is 0.639. The molecule has 0 saturated carbocycles. The first kappa shape index (κ1) is 15.0. The minimum atomic E-state index is 0.659. The molecule has 0 bridgehead atoms. The Bertz CT molecular complexity index is 453. The van der Waals surface area contributed by atoms with Gasteiger partial charge < -0.3 is 10.3 Å². The number of nitrogens with two attached hydrogens (primary N) is 1. The third-order valence-corrected chi connectivity index (χ3v) is 4.20. The molecule has 1 aliphatic heterocycles. The molecule has 0 aromatic carbocycles. The highest BCUT2D eigenvalue weighted by Crippen LogP contribution is 2.24. The number of aromatic nitrogens is 2. The Hall–Kier alpha value is -1.40. The van der Waals surface area contributed by atoms with Crippen molar-refractivity contribution in [1.82, 2.24) is 14.9 Å². The second-order valence-electron chi connectivity index (χ2n) is 5.49. The maximum absolute atomic E-state index is 5.53. The Labute approximate surface area is 121 Å². The van der Waals surface area contributed by atoms with E-state index < -0.39 is 0 Å². The van der Waals surface area contributed by atoms with Gasteiger partial charge in [0, 0.05) is 37.8 Å². The van der Waals surface area contributed by atoms with Crippen molar-refractivity contribution < 1.29 is 0 Å². The second kappa shape index (κ2) is 6.37. The molecule has 2 rings (SSSR count). The summed E-state index contributed by atoms with van der Waals surface area (Å²) in [6.45, 7) is 12.6. The normalized spacial score (nSPS) is 18.1. The van der Waals surface area contributed by atoms with Crippen LogP contribution in [0.25, 0.3) is 0 Å². The molecule has 1 saturated heterocycles. The number of nitrogens with zero attached hydrogens (tertiary/aromatic N) is 4. The van der Waals surface area contributed by atoms with E-state index in [1.165, 1.54) is 6.42 Å². The number of rotatable bonds is 4. The van der Waals surface area contributed by atoms with E-state index in [0.717, 1.165) is 49.2 Å². The second-order valence-corrected chi connectivity index (χ2v) is 5.49. The van der Waals surface area contributed by atoms with Crippen LogP contribution < -0.4 is 16.2 Å². The lowest BCUT2D eigenvalue weighted by Gasteiger charge is -2.39. The van der Waals surface area contributed by atoms with Crippen LogP contribution in [0.15, 0.2) is 0 Å². The predicted octanol–water partition coefficient (Wildman–Crippen LogP) is 1.30. The molecular weight excluding hydrogens is 252 g/mol. The van der Waals surface area contributed by atoms with Gasteiger partial charge in [-0.2, -0.15) is 0 Å². The van der Waals surface area contributed by atoms with Crippen LogP contribution in [0.2, 0.25) is 0 Å². The average molecular weight is 278 g/mol. The van der Waals surface area contributed by atoms with Crippen LogP contribution in [0, 0.1) is 13.8 Å². The minimum Gasteiger partial charge on any atom is -0.354 e. The summed E-state index contributed by atoms with van der Waals surface area (Å²) in [5.74, 6) is 8.01. The fraction of sp³-hybridized carbons (Fsp3) is 0.714. The fourth-order valence-electron chi connectivity index (χ4n) is 2.69. The van der Waals surface area contributed by atoms with Crippen molar-refractivity contribution in [1.29, 1.82) is 0 Å². The SMILES string of the molecule is CCC(C)N1CCN(c2nc(C)nc(NN)c2C)CC1. The first-order chi connectivity index (χ1) is 9.56. The van der Waals surface area contributed by atoms with Gasteiger partial charge in [0.2, 0.25) is 0 Å². The number of nitrogens with one attached hydrogen (secondary N) is 1. The van der Waals surface area contributed by atoms with Gasteiger partial charge in [-0.25, -0.2) is 15.8 Å². The number of aryl methyl sites for hydroxylation is 1. The molecule has 6 heteroatoms. The monoisotopic (exact) mass is 278 g/mol. The topological polar surface area (TPSA) is 70.3 Å². The number of nitrogen functional groups attached to an aromatic ring is 1. The zero-order valence-electron chi connectivity index (χ0n) is 13.0. The van der Waals surface area contributed by atoms with Crippen LogP contribution in [0.5, 0.6) is 0 Å². The van der Waals surface area contributed by atoms with Crippen LogP contribution in [0.4, 0.5) is 11.6 Å². The van der Waals surface area contributed by atoms with Gasteiger partial charge in [-0.1, -0.05) is 6.92 Å². The summed E-state index contributed by atoms with van der Waals surface area (Å²) in [6.07, 6.45) is 1.20. The third kappa shape index (κ3) is 3.02. The van der Waals surface area contributed by atoms with Gasteiger partial charge in [0.15, 0.2) is 0 Å². The summed E-state index contributed by atoms with van der Waals surface area (Å²) in [5.41, 5.74) is 3.69. The van der Waals surface area contributed by atoms with E-state index >= 15 is 0 Å². The lowest BCUT2D eigenvalue weighted by atomic mass is 10.2. The Morgan fingerprint density at radius 1 is 1.20 bits per heavy atom. The van der Waals surface area contributed by atoms with Crippen molar-refractivity contribution in [2.75, 3.05) is 36.5 Å². The number of anilines is 2. The summed E-state index contributed by atoms with van der Waals surface area (Å²) in [4.78, 5) is 13.8. The lowest BCUT2D eigenvalue weighted by molar-refractivity contribution is 0.192. The van der Waals surface area contributed by atoms with Gasteiger partial charge in [0.05, 0.1) is 0 Å². The molecule has 1 unspecified atom stereocenters. The van der Waals surface area contributed by atoms with Crippen LogP contribution in [0.1, 0.15) is 31.7 Å². The van der Waals surface area contributed by atoms with E-state index in [1.807, 2.05) is 13.8 Å². The Kier molecular flexibility index (Phi) is 4.77. The zero-order chi connectivity index (χ0) is 14.7. The Morgan fingerprint density at radius 2 is 1.85 bits per heavy atom. The van der Waals surface area contributed by atoms with Crippen LogP contribution in [-0.2, 0) is 0 Å². The molecule has 1 aromatic heterocycles. The van der Waals surface area contributed by atoms with Crippen LogP contribution in [-0.4, -0.2) is 47.1 Å². The van der Waals surface area contributed by atoms with Gasteiger partial charge in [-0.05, 0) is 27.2 Å². The highest BCUT2D eigenvalue weighted by molar-refractivity contribution is 5.58. The van der Waals surface area contributed by atoms with E-state index in [-0.39, 0.29) is 0 Å². The molecule has 0 radical (unpaired) electrons. The summed E-state index contributed by atoms with van der Waals surface area (Å²) in [5, 5.41) is 0. The van der Waals surface area contributed by atoms with Crippen LogP contribution >= 0.6 is 0 Å². The Morgan fingerprint density at radius 3 is 2.40 bits per heavy atom. The van der Waals surface area contributed by atoms with Crippen molar-refractivity contribution in [3.8, 4) is 0 Å². The molecule has 112 valence electrons. The van der Waals surface area contributed by atoms with Gasteiger partial charge in [0.25, 0.3) is 0 Å².